The molecule has 0 aliphatic heterocycles. The monoisotopic (exact) mass is 538 g/mol. The number of benzene rings is 2. The van der Waals surface area contributed by atoms with Crippen LogP contribution in [0, 0.1) is 0 Å². The van der Waals surface area contributed by atoms with Crippen LogP contribution in [-0.2, 0) is 38.6 Å². The van der Waals surface area contributed by atoms with Gasteiger partial charge < -0.3 is 10.1 Å². The van der Waals surface area contributed by atoms with Crippen LogP contribution in [0.1, 0.15) is 32.8 Å². The highest BCUT2D eigenvalue weighted by molar-refractivity contribution is 7.92. The maximum Gasteiger partial charge on any atom is 0.416 e. The third kappa shape index (κ3) is 5.09. The van der Waals surface area contributed by atoms with Crippen LogP contribution in [0.25, 0.3) is 0 Å². The number of esters is 1. The Kier molecular flexibility index (Phi) is 7.10. The van der Waals surface area contributed by atoms with Gasteiger partial charge in [-0.25, -0.2) is 13.2 Å². The molecule has 7 nitrogen and oxygen atoms in total. The molecule has 2 aromatic carbocycles. The average Bonchev–Trinajstić information content (AvgIpc) is 3.43. The number of nitrogens with one attached hydrogen (secondary N) is 1. The van der Waals surface area contributed by atoms with Crippen molar-refractivity contribution in [3.8, 4) is 0 Å². The predicted octanol–water partition coefficient (Wildman–Crippen LogP) is 4.88. The largest absolute Gasteiger partial charge is 0.465 e. The van der Waals surface area contributed by atoms with Crippen LogP contribution in [-0.4, -0.2) is 33.9 Å². The van der Waals surface area contributed by atoms with Gasteiger partial charge in [0.25, 0.3) is 10.0 Å². The Morgan fingerprint density at radius 3 is 2.47 bits per heavy atom. The van der Waals surface area contributed by atoms with Gasteiger partial charge in [0, 0.05) is 4.88 Å². The van der Waals surface area contributed by atoms with E-state index in [0.29, 0.717) is 16.8 Å². The van der Waals surface area contributed by atoms with E-state index in [-0.39, 0.29) is 21.1 Å². The number of hydrogen-bond acceptors (Lipinski definition) is 6. The van der Waals surface area contributed by atoms with E-state index >= 15 is 0 Å². The summed E-state index contributed by atoms with van der Waals surface area (Å²) < 4.78 is 72.3. The molecule has 36 heavy (non-hydrogen) atoms. The first-order valence-electron chi connectivity index (χ1n) is 10.8. The SMILES string of the molecule is COC(=O)c1c(NC(=O)CN(c2cccc(C(F)(F)F)c2)S(=O)(=O)c2ccccc2)sc2c1CCC2. The quantitative estimate of drug-likeness (QED) is 0.433. The highest BCUT2D eigenvalue weighted by Gasteiger charge is 2.34. The van der Waals surface area contributed by atoms with Gasteiger partial charge in [-0.05, 0) is 55.2 Å². The van der Waals surface area contributed by atoms with Gasteiger partial charge in [0.2, 0.25) is 5.91 Å². The highest BCUT2D eigenvalue weighted by atomic mass is 32.2. The number of ether oxygens (including phenoxy) is 1. The summed E-state index contributed by atoms with van der Waals surface area (Å²) in [5.41, 5.74) is -0.379. The van der Waals surface area contributed by atoms with Gasteiger partial charge in [0.1, 0.15) is 11.5 Å². The van der Waals surface area contributed by atoms with Crippen LogP contribution in [0.2, 0.25) is 0 Å². The predicted molar refractivity (Wildman–Crippen MR) is 129 cm³/mol. The molecule has 1 N–H and O–H groups in total. The number of amides is 1. The van der Waals surface area contributed by atoms with Crippen molar-refractivity contribution in [1.82, 2.24) is 0 Å². The zero-order chi connectivity index (χ0) is 26.1. The zero-order valence-corrected chi connectivity index (χ0v) is 20.6. The summed E-state index contributed by atoms with van der Waals surface area (Å²) in [5.74, 6) is -1.45. The van der Waals surface area contributed by atoms with Gasteiger partial charge in [-0.3, -0.25) is 9.10 Å². The first-order valence-corrected chi connectivity index (χ1v) is 13.1. The normalized spacial score (nSPS) is 13.2. The maximum absolute atomic E-state index is 13.4. The molecular weight excluding hydrogens is 517 g/mol. The molecule has 0 saturated heterocycles. The smallest absolute Gasteiger partial charge is 0.416 e. The highest BCUT2D eigenvalue weighted by Crippen LogP contribution is 2.39. The molecule has 190 valence electrons. The number of methoxy groups -OCH3 is 1. The van der Waals surface area contributed by atoms with E-state index in [4.69, 9.17) is 4.74 Å². The molecule has 0 spiro atoms. The zero-order valence-electron chi connectivity index (χ0n) is 19.0. The lowest BCUT2D eigenvalue weighted by Gasteiger charge is -2.25. The summed E-state index contributed by atoms with van der Waals surface area (Å²) in [7, 11) is -3.20. The number of halogens is 3. The number of sulfonamides is 1. The van der Waals surface area contributed by atoms with Crippen molar-refractivity contribution in [2.45, 2.75) is 30.3 Å². The summed E-state index contributed by atoms with van der Waals surface area (Å²) in [4.78, 5) is 26.2. The molecule has 3 aromatic rings. The van der Waals surface area contributed by atoms with Crippen LogP contribution in [0.5, 0.6) is 0 Å². The molecule has 0 fully saturated rings. The van der Waals surface area contributed by atoms with Crippen molar-refractivity contribution < 1.29 is 35.9 Å². The molecule has 1 aliphatic carbocycles. The Bertz CT molecular complexity index is 1400. The topological polar surface area (TPSA) is 92.8 Å². The summed E-state index contributed by atoms with van der Waals surface area (Å²) in [6, 6.07) is 10.8. The number of hydrogen-bond donors (Lipinski definition) is 1. The van der Waals surface area contributed by atoms with Crippen LogP contribution in [0.4, 0.5) is 23.9 Å². The van der Waals surface area contributed by atoms with Crippen molar-refractivity contribution in [1.29, 1.82) is 0 Å². The minimum Gasteiger partial charge on any atom is -0.465 e. The van der Waals surface area contributed by atoms with E-state index in [2.05, 4.69) is 5.32 Å². The molecule has 0 saturated carbocycles. The molecule has 4 rings (SSSR count). The Hall–Kier alpha value is -3.38. The van der Waals surface area contributed by atoms with Crippen molar-refractivity contribution in [2.24, 2.45) is 0 Å². The molecule has 1 heterocycles. The fourth-order valence-corrected chi connectivity index (χ4v) is 6.71. The van der Waals surface area contributed by atoms with E-state index in [1.807, 2.05) is 0 Å². The van der Waals surface area contributed by atoms with Crippen molar-refractivity contribution >= 4 is 43.9 Å². The van der Waals surface area contributed by atoms with Crippen LogP contribution < -0.4 is 9.62 Å². The van der Waals surface area contributed by atoms with E-state index in [1.165, 1.54) is 48.8 Å². The van der Waals surface area contributed by atoms with E-state index in [0.717, 1.165) is 35.4 Å². The molecule has 0 atom stereocenters. The lowest BCUT2D eigenvalue weighted by molar-refractivity contribution is -0.137. The molecule has 1 amide bonds. The van der Waals surface area contributed by atoms with Gasteiger partial charge in [-0.1, -0.05) is 24.3 Å². The second-order valence-corrected chi connectivity index (χ2v) is 10.9. The number of carbonyl (C=O) groups is 2. The third-order valence-electron chi connectivity index (χ3n) is 5.64. The number of carbonyl (C=O) groups excluding carboxylic acids is 2. The second-order valence-electron chi connectivity index (χ2n) is 7.97. The Balaban J connectivity index is 1.71. The molecule has 0 unspecified atom stereocenters. The summed E-state index contributed by atoms with van der Waals surface area (Å²) in [5, 5.41) is 2.79. The lowest BCUT2D eigenvalue weighted by Crippen LogP contribution is -2.38. The van der Waals surface area contributed by atoms with E-state index in [9.17, 15) is 31.2 Å². The van der Waals surface area contributed by atoms with Gasteiger partial charge in [0.15, 0.2) is 0 Å². The average molecular weight is 539 g/mol. The fraction of sp³-hybridized carbons (Fsp3) is 0.250. The number of thiophene rings is 1. The molecule has 0 bridgehead atoms. The lowest BCUT2D eigenvalue weighted by atomic mass is 10.1. The summed E-state index contributed by atoms with van der Waals surface area (Å²) in [6.07, 6.45) is -2.48. The summed E-state index contributed by atoms with van der Waals surface area (Å²) >= 11 is 1.20. The molecule has 12 heteroatoms. The summed E-state index contributed by atoms with van der Waals surface area (Å²) in [6.45, 7) is -0.818. The van der Waals surface area contributed by atoms with Crippen LogP contribution in [0.3, 0.4) is 0 Å². The number of aryl methyl sites for hydroxylation is 1. The second kappa shape index (κ2) is 9.94. The van der Waals surface area contributed by atoms with Crippen LogP contribution >= 0.6 is 11.3 Å². The van der Waals surface area contributed by atoms with Crippen LogP contribution in [0.15, 0.2) is 59.5 Å². The minimum absolute atomic E-state index is 0.194. The molecule has 1 aromatic heterocycles. The number of anilines is 2. The first-order chi connectivity index (χ1) is 17.0. The van der Waals surface area contributed by atoms with Gasteiger partial charge in [-0.2, -0.15) is 13.2 Å². The Morgan fingerprint density at radius 1 is 1.08 bits per heavy atom. The molecule has 0 radical (unpaired) electrons. The van der Waals surface area contributed by atoms with Gasteiger partial charge in [-0.15, -0.1) is 11.3 Å². The van der Waals surface area contributed by atoms with Crippen molar-refractivity contribution in [2.75, 3.05) is 23.3 Å². The minimum atomic E-state index is -4.71. The molecule has 1 aliphatic rings. The third-order valence-corrected chi connectivity index (χ3v) is 8.64. The number of fused-ring (bicyclic) bond motifs is 1. The van der Waals surface area contributed by atoms with Gasteiger partial charge in [0.05, 0.1) is 28.8 Å². The molecular formula is C24H21F3N2O5S2. The fourth-order valence-electron chi connectivity index (χ4n) is 3.98. The number of alkyl halides is 3. The number of nitrogens with zero attached hydrogens (tertiary/aromatic N) is 1. The van der Waals surface area contributed by atoms with E-state index < -0.39 is 40.2 Å². The first kappa shape index (κ1) is 25.7. The van der Waals surface area contributed by atoms with E-state index in [1.54, 1.807) is 6.07 Å². The standard InChI is InChI=1S/C24H21F3N2O5S2/c1-34-23(31)21-18-11-6-12-19(18)35-22(21)28-20(30)14-29(36(32,33)17-9-3-2-4-10-17)16-8-5-7-15(13-16)24(25,26)27/h2-5,7-10,13H,6,11-12,14H2,1H3,(H,28,30). The maximum atomic E-state index is 13.4. The van der Waals surface area contributed by atoms with Gasteiger partial charge >= 0.3 is 12.1 Å². The van der Waals surface area contributed by atoms with Crippen molar-refractivity contribution in [3.63, 3.8) is 0 Å². The van der Waals surface area contributed by atoms with Crippen molar-refractivity contribution in [3.05, 3.63) is 76.2 Å². The Morgan fingerprint density at radius 2 is 1.81 bits per heavy atom. The Labute approximate surface area is 209 Å². The number of rotatable bonds is 7.